The first-order valence-electron chi connectivity index (χ1n) is 11.5. The van der Waals surface area contributed by atoms with Crippen LogP contribution in [0.3, 0.4) is 0 Å². The van der Waals surface area contributed by atoms with Crippen molar-refractivity contribution in [3.63, 3.8) is 0 Å². The highest BCUT2D eigenvalue weighted by Gasteiger charge is 2.24. The minimum atomic E-state index is -1.07. The largest absolute Gasteiger partial charge is 0.390 e. The Hall–Kier alpha value is -3.89. The molecule has 4 aromatic rings. The predicted octanol–water partition coefficient (Wildman–Crippen LogP) is 2.79. The molecule has 0 fully saturated rings. The molecule has 1 heterocycles. The van der Waals surface area contributed by atoms with E-state index in [-0.39, 0.29) is 40.0 Å². The van der Waals surface area contributed by atoms with Crippen LogP contribution in [0.15, 0.2) is 65.3 Å². The van der Waals surface area contributed by atoms with Crippen LogP contribution in [0.1, 0.15) is 34.0 Å². The van der Waals surface area contributed by atoms with Gasteiger partial charge in [0, 0.05) is 35.9 Å². The molecule has 3 N–H and O–H groups in total. The monoisotopic (exact) mass is 496 g/mol. The third-order valence-corrected chi connectivity index (χ3v) is 5.89. The van der Waals surface area contributed by atoms with Crippen molar-refractivity contribution in [1.82, 2.24) is 15.8 Å². The van der Waals surface area contributed by atoms with E-state index < -0.39 is 29.7 Å². The smallest absolute Gasteiger partial charge is 0.251 e. The predicted molar refractivity (Wildman–Crippen MR) is 128 cm³/mol. The lowest BCUT2D eigenvalue weighted by Crippen LogP contribution is -2.48. The fourth-order valence-electron chi connectivity index (χ4n) is 4.00. The van der Waals surface area contributed by atoms with Crippen LogP contribution in [-0.2, 0) is 19.4 Å². The average Bonchev–Trinajstić information content (AvgIpc) is 3.23. The summed E-state index contributed by atoms with van der Waals surface area (Å²) in [6.45, 7) is 2.69. The van der Waals surface area contributed by atoms with Crippen LogP contribution in [-0.4, -0.2) is 34.9 Å². The number of fused-ring (bicyclic) bond motifs is 1. The molecule has 3 aromatic carbocycles. The lowest BCUT2D eigenvalue weighted by atomic mass is 10.00. The van der Waals surface area contributed by atoms with E-state index in [1.54, 1.807) is 0 Å². The van der Waals surface area contributed by atoms with E-state index in [9.17, 15) is 23.9 Å². The summed E-state index contributed by atoms with van der Waals surface area (Å²) in [5.41, 5.74) is 3.06. The topological polar surface area (TPSA) is 114 Å². The number of hydrogen-bond donors (Lipinski definition) is 3. The molecule has 188 valence electrons. The van der Waals surface area contributed by atoms with Crippen LogP contribution in [0.4, 0.5) is 8.78 Å². The second-order valence-electron chi connectivity index (χ2n) is 8.57. The van der Waals surface area contributed by atoms with Gasteiger partial charge in [0.25, 0.3) is 5.91 Å². The van der Waals surface area contributed by atoms with Gasteiger partial charge in [-0.3, -0.25) is 9.42 Å². The molecule has 0 radical (unpaired) electrons. The van der Waals surface area contributed by atoms with Gasteiger partial charge < -0.3 is 20.9 Å². The summed E-state index contributed by atoms with van der Waals surface area (Å²) in [6.07, 6.45) is -0.181. The minimum Gasteiger partial charge on any atom is -0.390 e. The summed E-state index contributed by atoms with van der Waals surface area (Å²) in [5.74, 6) is -2.05. The summed E-state index contributed by atoms with van der Waals surface area (Å²) in [7, 11) is 0. The molecule has 0 spiro atoms. The number of halogens is 2. The molecular formula is C26H26F2N4O4. The highest BCUT2D eigenvalue weighted by Crippen LogP contribution is 2.15. The zero-order chi connectivity index (χ0) is 25.7. The summed E-state index contributed by atoms with van der Waals surface area (Å²) in [5, 5.41) is 31.9. The number of rotatable bonds is 10. The molecule has 0 aliphatic carbocycles. The van der Waals surface area contributed by atoms with E-state index in [1.807, 2.05) is 18.2 Å². The molecule has 0 saturated heterocycles. The Morgan fingerprint density at radius 1 is 1.08 bits per heavy atom. The van der Waals surface area contributed by atoms with E-state index in [4.69, 9.17) is 0 Å². The molecular weight excluding hydrogens is 470 g/mol. The molecule has 0 saturated carbocycles. The third kappa shape index (κ3) is 6.21. The lowest BCUT2D eigenvalue weighted by molar-refractivity contribution is -0.782. The average molecular weight is 497 g/mol. The number of nitrogens with one attached hydrogen (secondary N) is 2. The highest BCUT2D eigenvalue weighted by atomic mass is 19.1. The van der Waals surface area contributed by atoms with Gasteiger partial charge in [0.05, 0.1) is 12.1 Å². The number of carbonyl (C=O) groups excluding carboxylic acids is 1. The van der Waals surface area contributed by atoms with Gasteiger partial charge in [0.2, 0.25) is 11.0 Å². The summed E-state index contributed by atoms with van der Waals surface area (Å²) < 4.78 is 32.1. The van der Waals surface area contributed by atoms with E-state index in [2.05, 4.69) is 33.4 Å². The molecule has 10 heteroatoms. The van der Waals surface area contributed by atoms with Gasteiger partial charge in [0.15, 0.2) is 0 Å². The quantitative estimate of drug-likeness (QED) is 0.291. The van der Waals surface area contributed by atoms with Crippen molar-refractivity contribution >= 4 is 16.9 Å². The van der Waals surface area contributed by atoms with Crippen molar-refractivity contribution in [1.29, 1.82) is 0 Å². The maximum Gasteiger partial charge on any atom is 0.251 e. The molecule has 4 rings (SSSR count). The van der Waals surface area contributed by atoms with Crippen molar-refractivity contribution in [3.8, 4) is 0 Å². The van der Waals surface area contributed by atoms with Crippen molar-refractivity contribution in [2.45, 2.75) is 38.5 Å². The second-order valence-corrected chi connectivity index (χ2v) is 8.57. The van der Waals surface area contributed by atoms with Crippen LogP contribution in [0.25, 0.3) is 11.0 Å². The molecule has 2 atom stereocenters. The van der Waals surface area contributed by atoms with E-state index >= 15 is 0 Å². The Bertz CT molecular complexity index is 1340. The van der Waals surface area contributed by atoms with Crippen LogP contribution in [0.5, 0.6) is 0 Å². The minimum absolute atomic E-state index is 0.0125. The first-order valence-corrected chi connectivity index (χ1v) is 11.5. The van der Waals surface area contributed by atoms with Gasteiger partial charge in [0.1, 0.15) is 11.6 Å². The van der Waals surface area contributed by atoms with E-state index in [0.717, 1.165) is 30.2 Å². The first kappa shape index (κ1) is 25.2. The fourth-order valence-corrected chi connectivity index (χ4v) is 4.00. The van der Waals surface area contributed by atoms with Crippen LogP contribution >= 0.6 is 0 Å². The Morgan fingerprint density at radius 2 is 1.83 bits per heavy atom. The molecule has 0 bridgehead atoms. The van der Waals surface area contributed by atoms with Gasteiger partial charge in [-0.05, 0) is 58.7 Å². The number of amides is 1. The number of aryl methyl sites for hydroxylation is 1. The first-order chi connectivity index (χ1) is 17.3. The molecule has 0 aliphatic heterocycles. The number of aliphatic hydroxyl groups is 1. The molecule has 36 heavy (non-hydrogen) atoms. The van der Waals surface area contributed by atoms with Crippen LogP contribution < -0.4 is 15.5 Å². The normalized spacial score (nSPS) is 13.0. The Kier molecular flexibility index (Phi) is 7.87. The standard InChI is InChI=1S/C26H26F2N4O4/c1-2-16-4-3-5-17(8-16)14-29-15-25(33)23(11-18-9-20(27)13-21(28)10-18)30-26(34)19-6-7-24-22(12-19)31-36-32(24)35/h3-10,12-13,23,25,29,33H,2,11,14-15H2,1H3,(H,30,34)/t23-,25-/m0/s1. The molecule has 8 nitrogen and oxygen atoms in total. The Morgan fingerprint density at radius 3 is 2.58 bits per heavy atom. The molecule has 0 aliphatic rings. The van der Waals surface area contributed by atoms with Gasteiger partial charge in [-0.2, -0.15) is 0 Å². The van der Waals surface area contributed by atoms with Gasteiger partial charge >= 0.3 is 0 Å². The van der Waals surface area contributed by atoms with Crippen molar-refractivity contribution < 1.29 is 28.2 Å². The molecule has 1 aromatic heterocycles. The maximum absolute atomic E-state index is 13.8. The van der Waals surface area contributed by atoms with E-state index in [1.165, 1.54) is 23.8 Å². The van der Waals surface area contributed by atoms with Crippen LogP contribution in [0.2, 0.25) is 0 Å². The molecule has 0 unspecified atom stereocenters. The number of aliphatic hydroxyl groups excluding tert-OH is 1. The van der Waals surface area contributed by atoms with Crippen molar-refractivity contribution in [2.75, 3.05) is 6.54 Å². The summed E-state index contributed by atoms with van der Waals surface area (Å²) in [6, 6.07) is 14.5. The lowest BCUT2D eigenvalue weighted by Gasteiger charge is -2.25. The van der Waals surface area contributed by atoms with E-state index in [0.29, 0.717) is 6.54 Å². The van der Waals surface area contributed by atoms with Crippen LogP contribution in [0, 0.1) is 16.8 Å². The fraction of sp³-hybridized carbons (Fsp3) is 0.269. The Balaban J connectivity index is 1.48. The zero-order valence-electron chi connectivity index (χ0n) is 19.6. The number of benzene rings is 3. The number of nitrogens with zero attached hydrogens (tertiary/aromatic N) is 2. The summed E-state index contributed by atoms with van der Waals surface area (Å²) >= 11 is 0. The number of hydrogen-bond acceptors (Lipinski definition) is 6. The maximum atomic E-state index is 13.8. The number of aromatic nitrogens is 2. The third-order valence-electron chi connectivity index (χ3n) is 5.89. The second kappa shape index (κ2) is 11.2. The van der Waals surface area contributed by atoms with Gasteiger partial charge in [-0.15, -0.1) is 0 Å². The SMILES string of the molecule is CCc1cccc(CNC[C@H](O)[C@H](Cc2cc(F)cc(F)c2)NC(=O)c2ccc3c(c2)no[n+]3[O-])c1. The Labute approximate surface area is 206 Å². The molecule has 1 amide bonds. The van der Waals surface area contributed by atoms with Crippen molar-refractivity contribution in [3.05, 3.63) is 99.8 Å². The van der Waals surface area contributed by atoms with Gasteiger partial charge in [-0.25, -0.2) is 8.78 Å². The summed E-state index contributed by atoms with van der Waals surface area (Å²) in [4.78, 5) is 13.2. The zero-order valence-corrected chi connectivity index (χ0v) is 19.6. The highest BCUT2D eigenvalue weighted by molar-refractivity contribution is 5.97. The van der Waals surface area contributed by atoms with Crippen molar-refractivity contribution in [2.24, 2.45) is 0 Å². The number of carbonyl (C=O) groups is 1. The van der Waals surface area contributed by atoms with Gasteiger partial charge in [-0.1, -0.05) is 31.2 Å².